The maximum Gasteiger partial charge on any atom is 0.295 e. The van der Waals surface area contributed by atoms with Crippen LogP contribution < -0.4 is 14.2 Å². The second-order valence-electron chi connectivity index (χ2n) is 8.53. The number of halogens is 1. The number of carbonyl (C=O) groups excluding carboxylic acids is 2. The zero-order valence-corrected chi connectivity index (χ0v) is 21.6. The Hall–Kier alpha value is -3.97. The molecule has 1 aliphatic heterocycles. The van der Waals surface area contributed by atoms with Crippen LogP contribution in [0.1, 0.15) is 36.1 Å². The van der Waals surface area contributed by atoms with Crippen molar-refractivity contribution in [3.8, 4) is 17.2 Å². The fourth-order valence-electron chi connectivity index (χ4n) is 4.37. The number of carbonyl (C=O) groups is 2. The van der Waals surface area contributed by atoms with Gasteiger partial charge in [0, 0.05) is 12.1 Å². The van der Waals surface area contributed by atoms with Gasteiger partial charge in [0.05, 0.1) is 30.9 Å². The van der Waals surface area contributed by atoms with Gasteiger partial charge in [-0.1, -0.05) is 54.9 Å². The number of benzene rings is 3. The summed E-state index contributed by atoms with van der Waals surface area (Å²) in [5.74, 6) is -0.427. The number of aliphatic hydroxyl groups excluding tert-OH is 1. The number of amides is 1. The first-order valence-electron chi connectivity index (χ1n) is 11.9. The second kappa shape index (κ2) is 11.4. The molecule has 0 aliphatic carbocycles. The van der Waals surface area contributed by atoms with E-state index in [4.69, 9.17) is 25.8 Å². The summed E-state index contributed by atoms with van der Waals surface area (Å²) in [6.45, 7) is 2.56. The Morgan fingerprint density at radius 1 is 0.946 bits per heavy atom. The minimum absolute atomic E-state index is 0.0120. The third kappa shape index (κ3) is 5.27. The predicted octanol–water partition coefficient (Wildman–Crippen LogP) is 5.77. The molecule has 7 nitrogen and oxygen atoms in total. The lowest BCUT2D eigenvalue weighted by atomic mass is 9.95. The quantitative estimate of drug-likeness (QED) is 0.219. The largest absolute Gasteiger partial charge is 0.507 e. The third-order valence-electron chi connectivity index (χ3n) is 6.17. The van der Waals surface area contributed by atoms with Gasteiger partial charge in [0.25, 0.3) is 11.7 Å². The Morgan fingerprint density at radius 2 is 1.68 bits per heavy atom. The van der Waals surface area contributed by atoms with Crippen molar-refractivity contribution in [3.63, 3.8) is 0 Å². The number of nitrogens with zero attached hydrogens (tertiary/aromatic N) is 1. The Morgan fingerprint density at radius 3 is 2.35 bits per heavy atom. The maximum atomic E-state index is 13.2. The van der Waals surface area contributed by atoms with Crippen molar-refractivity contribution >= 4 is 29.1 Å². The van der Waals surface area contributed by atoms with Gasteiger partial charge < -0.3 is 24.2 Å². The van der Waals surface area contributed by atoms with Crippen molar-refractivity contribution in [2.75, 3.05) is 20.8 Å². The van der Waals surface area contributed by atoms with E-state index in [2.05, 4.69) is 0 Å². The summed E-state index contributed by atoms with van der Waals surface area (Å²) in [4.78, 5) is 27.7. The average molecular weight is 522 g/mol. The molecule has 1 unspecified atom stereocenters. The molecule has 0 spiro atoms. The topological polar surface area (TPSA) is 85.3 Å². The summed E-state index contributed by atoms with van der Waals surface area (Å²) in [6.07, 6.45) is 0.631. The van der Waals surface area contributed by atoms with Crippen LogP contribution in [0.3, 0.4) is 0 Å². The SMILES string of the molecule is CCCN1C(=O)C(=O)/C(=C(\O)c2ccc(Cl)c(OC)c2)C1c1ccc(OC)c(OCc2ccccc2)c1. The maximum absolute atomic E-state index is 13.2. The van der Waals surface area contributed by atoms with Gasteiger partial charge in [0.1, 0.15) is 18.1 Å². The van der Waals surface area contributed by atoms with E-state index in [1.165, 1.54) is 18.1 Å². The van der Waals surface area contributed by atoms with Crippen molar-refractivity contribution in [2.24, 2.45) is 0 Å². The lowest BCUT2D eigenvalue weighted by Gasteiger charge is -2.25. The molecule has 3 aromatic carbocycles. The van der Waals surface area contributed by atoms with E-state index >= 15 is 0 Å². The lowest BCUT2D eigenvalue weighted by molar-refractivity contribution is -0.139. The van der Waals surface area contributed by atoms with Gasteiger partial charge in [-0.05, 0) is 47.9 Å². The third-order valence-corrected chi connectivity index (χ3v) is 6.48. The first-order valence-corrected chi connectivity index (χ1v) is 12.2. The average Bonchev–Trinajstić information content (AvgIpc) is 3.17. The minimum atomic E-state index is -0.813. The van der Waals surface area contributed by atoms with E-state index in [-0.39, 0.29) is 11.3 Å². The highest BCUT2D eigenvalue weighted by atomic mass is 35.5. The molecule has 1 amide bonds. The highest BCUT2D eigenvalue weighted by Crippen LogP contribution is 2.42. The first-order chi connectivity index (χ1) is 17.9. The number of methoxy groups -OCH3 is 2. The lowest BCUT2D eigenvalue weighted by Crippen LogP contribution is -2.30. The molecule has 1 aliphatic rings. The number of hydrogen-bond acceptors (Lipinski definition) is 6. The van der Waals surface area contributed by atoms with E-state index < -0.39 is 17.7 Å². The van der Waals surface area contributed by atoms with E-state index in [1.807, 2.05) is 37.3 Å². The summed E-state index contributed by atoms with van der Waals surface area (Å²) in [6, 6.07) is 18.8. The number of hydrogen-bond donors (Lipinski definition) is 1. The molecule has 192 valence electrons. The van der Waals surface area contributed by atoms with E-state index in [0.717, 1.165) is 5.56 Å². The highest BCUT2D eigenvalue weighted by Gasteiger charge is 2.46. The summed E-state index contributed by atoms with van der Waals surface area (Å²) in [5.41, 5.74) is 1.89. The number of likely N-dealkylation sites (tertiary alicyclic amines) is 1. The van der Waals surface area contributed by atoms with Crippen molar-refractivity contribution in [1.82, 2.24) is 4.90 Å². The Labute approximate surface area is 220 Å². The predicted molar refractivity (Wildman–Crippen MR) is 141 cm³/mol. The molecular weight excluding hydrogens is 494 g/mol. The van der Waals surface area contributed by atoms with Crippen LogP contribution in [0.4, 0.5) is 0 Å². The number of Topliss-reactive ketones (excluding diaryl/α,β-unsaturated/α-hetero) is 1. The minimum Gasteiger partial charge on any atom is -0.507 e. The highest BCUT2D eigenvalue weighted by molar-refractivity contribution is 6.46. The molecule has 0 radical (unpaired) electrons. The van der Waals surface area contributed by atoms with Gasteiger partial charge in [-0.25, -0.2) is 0 Å². The van der Waals surface area contributed by atoms with Crippen molar-refractivity contribution in [1.29, 1.82) is 0 Å². The van der Waals surface area contributed by atoms with Crippen LogP contribution in [0.25, 0.3) is 5.76 Å². The van der Waals surface area contributed by atoms with Crippen LogP contribution in [0.15, 0.2) is 72.3 Å². The van der Waals surface area contributed by atoms with E-state index in [0.29, 0.717) is 53.0 Å². The molecule has 0 bridgehead atoms. The number of ether oxygens (including phenoxy) is 3. The molecule has 1 N–H and O–H groups in total. The molecule has 1 heterocycles. The summed E-state index contributed by atoms with van der Waals surface area (Å²) in [7, 11) is 3.00. The summed E-state index contributed by atoms with van der Waals surface area (Å²) >= 11 is 6.14. The fourth-order valence-corrected chi connectivity index (χ4v) is 4.57. The van der Waals surface area contributed by atoms with Crippen LogP contribution in [0.2, 0.25) is 5.02 Å². The van der Waals surface area contributed by atoms with Crippen molar-refractivity contribution in [2.45, 2.75) is 26.0 Å². The molecule has 1 saturated heterocycles. The van der Waals surface area contributed by atoms with Gasteiger partial charge in [-0.15, -0.1) is 0 Å². The smallest absolute Gasteiger partial charge is 0.295 e. The number of ketones is 1. The Balaban J connectivity index is 1.81. The standard InChI is InChI=1S/C29H28ClNO6/c1-4-14-31-26(19-11-13-22(35-2)24(15-19)37-17-18-8-6-5-7-9-18)25(28(33)29(31)34)27(32)20-10-12-21(30)23(16-20)36-3/h5-13,15-16,26,32H,4,14,17H2,1-3H3/b27-25-. The zero-order valence-electron chi connectivity index (χ0n) is 20.9. The first kappa shape index (κ1) is 26.1. The second-order valence-corrected chi connectivity index (χ2v) is 8.93. The van der Waals surface area contributed by atoms with Crippen LogP contribution >= 0.6 is 11.6 Å². The molecule has 8 heteroatoms. The zero-order chi connectivity index (χ0) is 26.5. The van der Waals surface area contributed by atoms with Crippen LogP contribution in [-0.2, 0) is 16.2 Å². The van der Waals surface area contributed by atoms with E-state index in [1.54, 1.807) is 37.4 Å². The Kier molecular flexibility index (Phi) is 8.04. The van der Waals surface area contributed by atoms with Crippen LogP contribution in [0, 0.1) is 0 Å². The molecule has 37 heavy (non-hydrogen) atoms. The van der Waals surface area contributed by atoms with Gasteiger partial charge in [-0.2, -0.15) is 0 Å². The van der Waals surface area contributed by atoms with Gasteiger partial charge in [0.15, 0.2) is 11.5 Å². The molecule has 1 atom stereocenters. The summed E-state index contributed by atoms with van der Waals surface area (Å²) < 4.78 is 16.8. The molecule has 1 fully saturated rings. The van der Waals surface area contributed by atoms with Crippen molar-refractivity contribution in [3.05, 3.63) is 94.0 Å². The monoisotopic (exact) mass is 521 g/mol. The molecule has 0 saturated carbocycles. The van der Waals surface area contributed by atoms with Crippen LogP contribution in [-0.4, -0.2) is 42.5 Å². The Bertz CT molecular complexity index is 1340. The molecule has 0 aromatic heterocycles. The van der Waals surface area contributed by atoms with Gasteiger partial charge in [-0.3, -0.25) is 9.59 Å². The van der Waals surface area contributed by atoms with Crippen molar-refractivity contribution < 1.29 is 28.9 Å². The fraction of sp³-hybridized carbons (Fsp3) is 0.241. The number of aliphatic hydroxyl groups is 1. The van der Waals surface area contributed by atoms with Gasteiger partial charge >= 0.3 is 0 Å². The molecule has 4 rings (SSSR count). The normalized spacial score (nSPS) is 16.6. The molecular formula is C29H28ClNO6. The number of rotatable bonds is 9. The van der Waals surface area contributed by atoms with Gasteiger partial charge in [0.2, 0.25) is 0 Å². The van der Waals surface area contributed by atoms with Crippen LogP contribution in [0.5, 0.6) is 17.2 Å². The van der Waals surface area contributed by atoms with E-state index in [9.17, 15) is 14.7 Å². The summed E-state index contributed by atoms with van der Waals surface area (Å²) in [5, 5.41) is 11.6. The molecule has 3 aromatic rings.